The van der Waals surface area contributed by atoms with Crippen LogP contribution >= 0.6 is 7.60 Å². The highest BCUT2D eigenvalue weighted by Crippen LogP contribution is 2.48. The van der Waals surface area contributed by atoms with Gasteiger partial charge in [0.25, 0.3) is 0 Å². The van der Waals surface area contributed by atoms with E-state index >= 15 is 0 Å². The predicted molar refractivity (Wildman–Crippen MR) is 80.0 cm³/mol. The number of carbonyl (C=O) groups excluding carboxylic acids is 1. The van der Waals surface area contributed by atoms with Crippen LogP contribution < -0.4 is 0 Å². The molecule has 0 bridgehead atoms. The number of hydrogen-bond acceptors (Lipinski definition) is 5. The zero-order valence-electron chi connectivity index (χ0n) is 12.9. The molecule has 118 valence electrons. The molecule has 0 heterocycles. The lowest BCUT2D eigenvalue weighted by molar-refractivity contribution is -0.138. The fourth-order valence-corrected chi connectivity index (χ4v) is 2.70. The molecule has 0 aliphatic rings. The van der Waals surface area contributed by atoms with Crippen molar-refractivity contribution in [1.29, 1.82) is 0 Å². The topological polar surface area (TPSA) is 61.8 Å². The first kappa shape index (κ1) is 19.4. The van der Waals surface area contributed by atoms with E-state index in [1.807, 2.05) is 13.8 Å². The molecule has 0 fully saturated rings. The first-order valence-corrected chi connectivity index (χ1v) is 8.88. The summed E-state index contributed by atoms with van der Waals surface area (Å²) in [6, 6.07) is 0. The van der Waals surface area contributed by atoms with Gasteiger partial charge in [-0.1, -0.05) is 33.3 Å². The van der Waals surface area contributed by atoms with Gasteiger partial charge >= 0.3 is 13.6 Å². The Hall–Kier alpha value is -0.640. The molecular weight excluding hydrogens is 279 g/mol. The van der Waals surface area contributed by atoms with E-state index in [4.69, 9.17) is 13.8 Å². The Morgan fingerprint density at radius 2 is 1.55 bits per heavy atom. The smallest absolute Gasteiger partial charge is 0.334 e. The molecule has 0 aliphatic heterocycles. The standard InChI is InChI=1S/C14H27O5P/c1-5-7-9-18-20(16,19-10-8-6-2)12-11-17-14(15)13(3)4/h3,5-12H2,1-2,4H3. The van der Waals surface area contributed by atoms with Crippen molar-refractivity contribution in [1.82, 2.24) is 0 Å². The van der Waals surface area contributed by atoms with Gasteiger partial charge in [-0.3, -0.25) is 4.57 Å². The van der Waals surface area contributed by atoms with E-state index < -0.39 is 13.6 Å². The Kier molecular flexibility index (Phi) is 10.7. The lowest BCUT2D eigenvalue weighted by Crippen LogP contribution is -2.12. The molecule has 0 saturated carbocycles. The fourth-order valence-electron chi connectivity index (χ4n) is 1.24. The third kappa shape index (κ3) is 9.29. The van der Waals surface area contributed by atoms with Gasteiger partial charge in [0.1, 0.15) is 6.61 Å². The molecule has 0 unspecified atom stereocenters. The molecular formula is C14H27O5P. The SMILES string of the molecule is C=C(C)C(=O)OCCP(=O)(OCCCC)OCCCC. The third-order valence-electron chi connectivity index (χ3n) is 2.52. The zero-order valence-corrected chi connectivity index (χ0v) is 13.7. The summed E-state index contributed by atoms with van der Waals surface area (Å²) in [5.74, 6) is -0.487. The van der Waals surface area contributed by atoms with Gasteiger partial charge < -0.3 is 13.8 Å². The van der Waals surface area contributed by atoms with Crippen LogP contribution in [0.2, 0.25) is 0 Å². The first-order valence-electron chi connectivity index (χ1n) is 7.16. The Morgan fingerprint density at radius 3 is 1.95 bits per heavy atom. The highest BCUT2D eigenvalue weighted by atomic mass is 31.2. The Morgan fingerprint density at radius 1 is 1.05 bits per heavy atom. The molecule has 5 nitrogen and oxygen atoms in total. The van der Waals surface area contributed by atoms with E-state index in [0.29, 0.717) is 18.8 Å². The minimum Gasteiger partial charge on any atom is -0.462 e. The van der Waals surface area contributed by atoms with E-state index in [1.54, 1.807) is 6.92 Å². The van der Waals surface area contributed by atoms with Crippen LogP contribution in [0.15, 0.2) is 12.2 Å². The van der Waals surface area contributed by atoms with Crippen molar-refractivity contribution in [3.63, 3.8) is 0 Å². The predicted octanol–water partition coefficient (Wildman–Crippen LogP) is 3.93. The molecule has 0 spiro atoms. The number of ether oxygens (including phenoxy) is 1. The summed E-state index contributed by atoms with van der Waals surface area (Å²) in [5, 5.41) is 0. The van der Waals surface area contributed by atoms with Crippen molar-refractivity contribution in [3.05, 3.63) is 12.2 Å². The van der Waals surface area contributed by atoms with Crippen LogP contribution in [0.25, 0.3) is 0 Å². The Bertz CT molecular complexity index is 326. The van der Waals surface area contributed by atoms with Crippen molar-refractivity contribution in [2.45, 2.75) is 46.5 Å². The lowest BCUT2D eigenvalue weighted by atomic mass is 10.4. The summed E-state index contributed by atoms with van der Waals surface area (Å²) in [6.45, 7) is 9.92. The second kappa shape index (κ2) is 11.1. The number of hydrogen-bond donors (Lipinski definition) is 0. The normalized spacial score (nSPS) is 11.3. The first-order chi connectivity index (χ1) is 9.45. The highest BCUT2D eigenvalue weighted by molar-refractivity contribution is 7.53. The van der Waals surface area contributed by atoms with Crippen molar-refractivity contribution in [2.75, 3.05) is 26.0 Å². The van der Waals surface area contributed by atoms with Gasteiger partial charge in [-0.25, -0.2) is 4.79 Å². The van der Waals surface area contributed by atoms with Gasteiger partial charge in [-0.2, -0.15) is 0 Å². The average Bonchev–Trinajstić information content (AvgIpc) is 2.39. The van der Waals surface area contributed by atoms with E-state index in [-0.39, 0.29) is 12.8 Å². The maximum Gasteiger partial charge on any atom is 0.334 e. The summed E-state index contributed by atoms with van der Waals surface area (Å²) in [7, 11) is -3.17. The van der Waals surface area contributed by atoms with Gasteiger partial charge in [0.05, 0.1) is 19.4 Å². The second-order valence-corrected chi connectivity index (χ2v) is 6.81. The van der Waals surface area contributed by atoms with Gasteiger partial charge in [0.15, 0.2) is 0 Å². The molecule has 20 heavy (non-hydrogen) atoms. The third-order valence-corrected chi connectivity index (χ3v) is 4.40. The molecule has 6 heteroatoms. The second-order valence-electron chi connectivity index (χ2n) is 4.62. The maximum atomic E-state index is 12.5. The van der Waals surface area contributed by atoms with Crippen LogP contribution in [-0.2, 0) is 23.1 Å². The largest absolute Gasteiger partial charge is 0.462 e. The molecule has 0 N–H and O–H groups in total. The molecule has 0 aromatic carbocycles. The van der Waals surface area contributed by atoms with Gasteiger partial charge in [-0.05, 0) is 19.8 Å². The van der Waals surface area contributed by atoms with Crippen LogP contribution in [0.3, 0.4) is 0 Å². The number of unbranched alkanes of at least 4 members (excludes halogenated alkanes) is 2. The van der Waals surface area contributed by atoms with Gasteiger partial charge in [-0.15, -0.1) is 0 Å². The molecule has 0 aromatic rings. The minimum atomic E-state index is -3.17. The summed E-state index contributed by atoms with van der Waals surface area (Å²) < 4.78 is 28.2. The molecule has 0 saturated heterocycles. The molecule has 0 aromatic heterocycles. The van der Waals surface area contributed by atoms with Gasteiger partial charge in [0, 0.05) is 5.57 Å². The van der Waals surface area contributed by atoms with Crippen molar-refractivity contribution >= 4 is 13.6 Å². The minimum absolute atomic E-state index is 0.0151. The van der Waals surface area contributed by atoms with E-state index in [0.717, 1.165) is 25.7 Å². The molecule has 0 rings (SSSR count). The number of rotatable bonds is 12. The Labute approximate surface area is 122 Å². The quantitative estimate of drug-likeness (QED) is 0.236. The molecule has 0 atom stereocenters. The average molecular weight is 306 g/mol. The summed E-state index contributed by atoms with van der Waals surface area (Å²) >= 11 is 0. The Balaban J connectivity index is 4.25. The van der Waals surface area contributed by atoms with E-state index in [2.05, 4.69) is 6.58 Å². The fraction of sp³-hybridized carbons (Fsp3) is 0.786. The van der Waals surface area contributed by atoms with Crippen LogP contribution in [0.5, 0.6) is 0 Å². The number of carbonyl (C=O) groups is 1. The van der Waals surface area contributed by atoms with Crippen molar-refractivity contribution in [2.24, 2.45) is 0 Å². The van der Waals surface area contributed by atoms with E-state index in [9.17, 15) is 9.36 Å². The zero-order chi connectivity index (χ0) is 15.4. The summed E-state index contributed by atoms with van der Waals surface area (Å²) in [5.41, 5.74) is 0.318. The van der Waals surface area contributed by atoms with Crippen molar-refractivity contribution in [3.8, 4) is 0 Å². The monoisotopic (exact) mass is 306 g/mol. The highest BCUT2D eigenvalue weighted by Gasteiger charge is 2.24. The molecule has 0 radical (unpaired) electrons. The molecule has 0 amide bonds. The van der Waals surface area contributed by atoms with Crippen molar-refractivity contribution < 1.29 is 23.1 Å². The van der Waals surface area contributed by atoms with Crippen LogP contribution in [-0.4, -0.2) is 32.0 Å². The van der Waals surface area contributed by atoms with E-state index in [1.165, 1.54) is 0 Å². The van der Waals surface area contributed by atoms with Crippen LogP contribution in [0.1, 0.15) is 46.5 Å². The number of esters is 1. The van der Waals surface area contributed by atoms with Crippen LogP contribution in [0.4, 0.5) is 0 Å². The lowest BCUT2D eigenvalue weighted by Gasteiger charge is -2.18. The van der Waals surface area contributed by atoms with Gasteiger partial charge in [0.2, 0.25) is 0 Å². The summed E-state index contributed by atoms with van der Waals surface area (Å²) in [4.78, 5) is 11.3. The van der Waals surface area contributed by atoms with Crippen LogP contribution in [0, 0.1) is 0 Å². The molecule has 0 aliphatic carbocycles. The summed E-state index contributed by atoms with van der Waals surface area (Å²) in [6.07, 6.45) is 3.65. The maximum absolute atomic E-state index is 12.5.